The molecule has 0 amide bonds. The van der Waals surface area contributed by atoms with Gasteiger partial charge >= 0.3 is 13.1 Å². The third-order valence-corrected chi connectivity index (χ3v) is 20.6. The number of rotatable bonds is 16. The molecule has 5 aromatic rings. The summed E-state index contributed by atoms with van der Waals surface area (Å²) in [4.78, 5) is 11.6. The molecule has 5 aromatic carbocycles. The Labute approximate surface area is 499 Å². The van der Waals surface area contributed by atoms with Gasteiger partial charge in [0.05, 0.1) is 24.7 Å². The van der Waals surface area contributed by atoms with Gasteiger partial charge in [-0.25, -0.2) is 0 Å². The maximum atomic E-state index is 11.6. The molecule has 0 atom stereocenters. The largest absolute Gasteiger partial charge is 0.495 e. The van der Waals surface area contributed by atoms with Crippen molar-refractivity contribution in [1.82, 2.24) is 0 Å². The molecule has 0 bridgehead atoms. The highest BCUT2D eigenvalue weighted by molar-refractivity contribution is 6.70. The summed E-state index contributed by atoms with van der Waals surface area (Å²) in [5, 5.41) is 0. The van der Waals surface area contributed by atoms with Crippen molar-refractivity contribution in [2.45, 2.75) is 239 Å². The maximum absolute atomic E-state index is 11.6. The number of methoxy groups -OCH3 is 1. The molecule has 438 valence electrons. The van der Waals surface area contributed by atoms with Crippen molar-refractivity contribution in [1.29, 1.82) is 0 Å². The first-order valence-electron chi connectivity index (χ1n) is 30.9. The second-order valence-electron chi connectivity index (χ2n) is 27.1. The minimum absolute atomic E-state index is 0.0659. The fraction of sp³-hybridized carbons (Fsp3) is 0.521. The lowest BCUT2D eigenvalue weighted by molar-refractivity contribution is -0.139. The van der Waals surface area contributed by atoms with Gasteiger partial charge in [-0.3, -0.25) is 4.79 Å². The number of hydrogen-bond donors (Lipinski definition) is 0. The van der Waals surface area contributed by atoms with Gasteiger partial charge in [-0.05, 0) is 245 Å². The topological polar surface area (TPSA) is 63.2 Å². The molecule has 1 saturated heterocycles. The maximum Gasteiger partial charge on any atom is 0.495 e. The molecule has 0 spiro atoms. The minimum atomic E-state index is -1.69. The molecule has 0 aromatic heterocycles. The van der Waals surface area contributed by atoms with E-state index in [1.807, 2.05) is 12.1 Å². The van der Waals surface area contributed by atoms with E-state index in [4.69, 9.17) is 22.9 Å². The molecular formula is C73H99BO6Si2. The summed E-state index contributed by atoms with van der Waals surface area (Å²) in [6.07, 6.45) is 13.4. The summed E-state index contributed by atoms with van der Waals surface area (Å²) in [5.41, 5.74) is 15.6. The summed E-state index contributed by atoms with van der Waals surface area (Å²) in [7, 11) is -2.28. The lowest BCUT2D eigenvalue weighted by atomic mass is 9.68. The van der Waals surface area contributed by atoms with E-state index in [2.05, 4.69) is 231 Å². The first-order chi connectivity index (χ1) is 38.5. The fourth-order valence-electron chi connectivity index (χ4n) is 13.1. The number of carbonyl (C=O) groups excluding carboxylic acids is 1. The van der Waals surface area contributed by atoms with Gasteiger partial charge < -0.3 is 22.9 Å². The third-order valence-electron chi connectivity index (χ3n) is 18.6. The van der Waals surface area contributed by atoms with Crippen LogP contribution in [-0.4, -0.2) is 59.2 Å². The fourth-order valence-corrected chi connectivity index (χ4v) is 16.0. The van der Waals surface area contributed by atoms with E-state index in [1.54, 1.807) is 0 Å². The zero-order valence-electron chi connectivity index (χ0n) is 54.0. The summed E-state index contributed by atoms with van der Waals surface area (Å²) >= 11 is 0. The molecule has 3 fully saturated rings. The predicted molar refractivity (Wildman–Crippen MR) is 349 cm³/mol. The Morgan fingerprint density at radius 3 is 1.27 bits per heavy atom. The van der Waals surface area contributed by atoms with Crippen LogP contribution in [0.25, 0.3) is 11.1 Å². The molecule has 2 aliphatic carbocycles. The van der Waals surface area contributed by atoms with Gasteiger partial charge in [-0.2, -0.15) is 0 Å². The van der Waals surface area contributed by atoms with Crippen LogP contribution in [-0.2, 0) is 44.9 Å². The van der Waals surface area contributed by atoms with Crippen LogP contribution in [0.4, 0.5) is 0 Å². The molecule has 1 aliphatic heterocycles. The Balaban J connectivity index is 0.000000236. The van der Waals surface area contributed by atoms with E-state index >= 15 is 0 Å². The van der Waals surface area contributed by atoms with E-state index in [0.717, 1.165) is 79.1 Å². The molecule has 1 heterocycles. The van der Waals surface area contributed by atoms with Crippen molar-refractivity contribution in [2.24, 2.45) is 0 Å². The first-order valence-corrected chi connectivity index (χ1v) is 37.8. The zero-order valence-corrected chi connectivity index (χ0v) is 56.0. The first kappa shape index (κ1) is 64.6. The molecule has 2 saturated carbocycles. The van der Waals surface area contributed by atoms with Gasteiger partial charge in [0, 0.05) is 22.0 Å². The molecule has 3 aliphatic rings. The molecule has 0 unspecified atom stereocenters. The number of ether oxygens (including phenoxy) is 1. The number of hydrogen-bond acceptors (Lipinski definition) is 6. The van der Waals surface area contributed by atoms with Crippen LogP contribution < -0.4 is 5.46 Å². The molecule has 0 N–H and O–H groups in total. The van der Waals surface area contributed by atoms with Crippen molar-refractivity contribution < 1.29 is 27.7 Å². The van der Waals surface area contributed by atoms with Crippen LogP contribution in [0.1, 0.15) is 194 Å². The molecule has 82 heavy (non-hydrogen) atoms. The molecule has 0 radical (unpaired) electrons. The van der Waals surface area contributed by atoms with Crippen molar-refractivity contribution in [3.05, 3.63) is 158 Å². The second kappa shape index (κ2) is 25.7. The van der Waals surface area contributed by atoms with E-state index in [1.165, 1.54) is 82.9 Å². The molecule has 6 nitrogen and oxygen atoms in total. The van der Waals surface area contributed by atoms with Crippen molar-refractivity contribution in [3.63, 3.8) is 0 Å². The third kappa shape index (κ3) is 14.6. The van der Waals surface area contributed by atoms with Gasteiger partial charge in [0.15, 0.2) is 16.6 Å². The predicted octanol–water partition coefficient (Wildman–Crippen LogP) is 17.5. The van der Waals surface area contributed by atoms with Gasteiger partial charge in [-0.15, -0.1) is 0 Å². The van der Waals surface area contributed by atoms with Crippen LogP contribution in [0, 0.1) is 51.4 Å². The smallest absolute Gasteiger partial charge is 0.469 e. The monoisotopic (exact) mass is 1140 g/mol. The summed E-state index contributed by atoms with van der Waals surface area (Å²) < 4.78 is 30.8. The molecule has 9 heteroatoms. The highest BCUT2D eigenvalue weighted by atomic mass is 28.4. The Morgan fingerprint density at radius 2 is 0.915 bits per heavy atom. The highest BCUT2D eigenvalue weighted by Crippen LogP contribution is 2.44. The number of benzene rings is 5. The standard InChI is InChI=1S/C38H48O3Si.C35H51BO3Si/c1-9-38(10-2,34-19-20-35(29(4)26-34)32-15-13-30(14-16-32)27-36(39)40-5)33-18-17-31(28(3)25-33)21-24-37(22-11-12-23-37)41-42(6,7)8;1-12-35(13-2,30-18-19-31(27(4)25-30)36-37-32(5,6)33(7,8)38-36)29-17-16-28(26(3)24-29)20-23-34(21-14-15-22-34)39-40(9,10)11/h13-20,25-26H,9-12,22-23,27H2,1-8H3;16-19,24-25H,12-15,21-22H2,1-11H3. The van der Waals surface area contributed by atoms with Crippen molar-refractivity contribution in [3.8, 4) is 34.8 Å². The number of carbonyl (C=O) groups is 1. The van der Waals surface area contributed by atoms with Crippen LogP contribution in [0.5, 0.6) is 0 Å². The average molecular weight is 1140 g/mol. The van der Waals surface area contributed by atoms with Crippen molar-refractivity contribution in [2.75, 3.05) is 7.11 Å². The Morgan fingerprint density at radius 1 is 0.537 bits per heavy atom. The van der Waals surface area contributed by atoms with E-state index < -0.39 is 16.6 Å². The van der Waals surface area contributed by atoms with Gasteiger partial charge in [0.1, 0.15) is 11.2 Å². The van der Waals surface area contributed by atoms with E-state index in [9.17, 15) is 4.79 Å². The van der Waals surface area contributed by atoms with Gasteiger partial charge in [0.25, 0.3) is 0 Å². The number of aryl methyl sites for hydroxylation is 4. The van der Waals surface area contributed by atoms with E-state index in [-0.39, 0.29) is 46.3 Å². The Kier molecular flexibility index (Phi) is 20.2. The van der Waals surface area contributed by atoms with Crippen LogP contribution >= 0.6 is 0 Å². The number of esters is 1. The lowest BCUT2D eigenvalue weighted by Crippen LogP contribution is -2.41. The SMILES string of the molecule is CCC(CC)(c1ccc(C#CC2(O[Si](C)(C)C)CCCC2)c(C)c1)c1ccc(-c2ccc(CC(=O)OC)cc2)c(C)c1.CCC(CC)(c1ccc(C#CC2(O[Si](C)(C)C)CCCC2)c(C)c1)c1ccc(B2OC(C)(C)C(C)(C)O2)c(C)c1. The summed E-state index contributed by atoms with van der Waals surface area (Å²) in [6.45, 7) is 40.0. The quantitative estimate of drug-likeness (QED) is 0.0557. The Bertz CT molecular complexity index is 3150. The van der Waals surface area contributed by atoms with E-state index in [0.29, 0.717) is 6.42 Å². The second-order valence-corrected chi connectivity index (χ2v) is 36.0. The van der Waals surface area contributed by atoms with Crippen molar-refractivity contribution >= 4 is 35.2 Å². The van der Waals surface area contributed by atoms with Gasteiger partial charge in [-0.1, -0.05) is 142 Å². The minimum Gasteiger partial charge on any atom is -0.469 e. The molecular weight excluding hydrogens is 1040 g/mol. The molecule has 8 rings (SSSR count). The van der Waals surface area contributed by atoms with Crippen LogP contribution in [0.2, 0.25) is 39.3 Å². The average Bonchev–Trinajstić information content (AvgIpc) is 4.13. The van der Waals surface area contributed by atoms with Gasteiger partial charge in [0.2, 0.25) is 0 Å². The Hall–Kier alpha value is -4.97. The normalized spacial score (nSPS) is 17.3. The van der Waals surface area contributed by atoms with Crippen LogP contribution in [0.15, 0.2) is 97.1 Å². The summed E-state index contributed by atoms with van der Waals surface area (Å²) in [6, 6.07) is 35.8. The van der Waals surface area contributed by atoms with Crippen LogP contribution in [0.3, 0.4) is 0 Å². The zero-order chi connectivity index (χ0) is 60.1. The summed E-state index contributed by atoms with van der Waals surface area (Å²) in [5.74, 6) is 14.1. The lowest BCUT2D eigenvalue weighted by Gasteiger charge is -2.34. The highest BCUT2D eigenvalue weighted by Gasteiger charge is 2.52.